The fraction of sp³-hybridized carbons (Fsp3) is 0.200. The van der Waals surface area contributed by atoms with Crippen molar-refractivity contribution in [3.8, 4) is 0 Å². The second kappa shape index (κ2) is 7.48. The van der Waals surface area contributed by atoms with Crippen molar-refractivity contribution >= 4 is 50.6 Å². The molecule has 0 radical (unpaired) electrons. The number of aryl methyl sites for hydroxylation is 1. The van der Waals surface area contributed by atoms with Crippen LogP contribution in [0, 0.1) is 0 Å². The van der Waals surface area contributed by atoms with Gasteiger partial charge in [0.05, 0.1) is 5.56 Å². The fourth-order valence-corrected chi connectivity index (χ4v) is 4.44. The summed E-state index contributed by atoms with van der Waals surface area (Å²) < 4.78 is 0.771. The Kier molecular flexibility index (Phi) is 5.30. The number of thiophene rings is 1. The molecule has 0 saturated heterocycles. The number of carboxylic acid groups (broad SMARTS) is 1. The molecule has 0 bridgehead atoms. The number of benzene rings is 2. The highest BCUT2D eigenvalue weighted by atomic mass is 35.5. The van der Waals surface area contributed by atoms with Gasteiger partial charge in [0.25, 0.3) is 5.91 Å². The molecule has 0 saturated carbocycles. The van der Waals surface area contributed by atoms with Crippen LogP contribution in [0.4, 0.5) is 5.69 Å². The van der Waals surface area contributed by atoms with Crippen LogP contribution in [0.25, 0.3) is 10.1 Å². The first-order valence-corrected chi connectivity index (χ1v) is 9.53. The molecule has 26 heavy (non-hydrogen) atoms. The third-order valence-electron chi connectivity index (χ3n) is 4.33. The summed E-state index contributed by atoms with van der Waals surface area (Å²) in [5, 5.41) is 13.7. The van der Waals surface area contributed by atoms with Crippen molar-refractivity contribution in [2.24, 2.45) is 0 Å². The van der Waals surface area contributed by atoms with Gasteiger partial charge in [0.2, 0.25) is 0 Å². The van der Waals surface area contributed by atoms with Gasteiger partial charge in [0.1, 0.15) is 4.88 Å². The fourth-order valence-electron chi connectivity index (χ4n) is 3.05. The largest absolute Gasteiger partial charge is 0.478 e. The van der Waals surface area contributed by atoms with E-state index in [4.69, 9.17) is 11.6 Å². The second-order valence-corrected chi connectivity index (χ2v) is 7.29. The molecule has 4 nitrogen and oxygen atoms in total. The van der Waals surface area contributed by atoms with Gasteiger partial charge in [0, 0.05) is 20.8 Å². The Balaban J connectivity index is 2.10. The lowest BCUT2D eigenvalue weighted by molar-refractivity contribution is 0.0695. The van der Waals surface area contributed by atoms with Gasteiger partial charge in [-0.2, -0.15) is 0 Å². The molecular weight excluding hydrogens is 370 g/mol. The third-order valence-corrected chi connectivity index (χ3v) is 5.85. The molecule has 0 unspecified atom stereocenters. The molecule has 3 rings (SSSR count). The number of fused-ring (bicyclic) bond motifs is 1. The molecule has 0 fully saturated rings. The number of carboxylic acids is 1. The maximum absolute atomic E-state index is 12.9. The molecule has 2 aromatic carbocycles. The molecule has 3 aromatic rings. The highest BCUT2D eigenvalue weighted by Crippen LogP contribution is 2.34. The molecule has 0 spiro atoms. The molecule has 1 heterocycles. The lowest BCUT2D eigenvalue weighted by Gasteiger charge is -2.15. The highest BCUT2D eigenvalue weighted by Gasteiger charge is 2.24. The number of carbonyl (C=O) groups excluding carboxylic acids is 1. The van der Waals surface area contributed by atoms with Crippen molar-refractivity contribution in [3.05, 3.63) is 63.0 Å². The summed E-state index contributed by atoms with van der Waals surface area (Å²) >= 11 is 7.48. The average Bonchev–Trinajstić information content (AvgIpc) is 3.02. The van der Waals surface area contributed by atoms with Crippen molar-refractivity contribution in [1.82, 2.24) is 0 Å². The number of halogens is 1. The first-order valence-electron chi connectivity index (χ1n) is 8.34. The van der Waals surface area contributed by atoms with Gasteiger partial charge in [-0.1, -0.05) is 49.7 Å². The monoisotopic (exact) mass is 387 g/mol. The van der Waals surface area contributed by atoms with Gasteiger partial charge in [-0.15, -0.1) is 11.3 Å². The molecule has 1 aromatic heterocycles. The smallest absolute Gasteiger partial charge is 0.338 e. The standard InChI is InChI=1S/C20H18ClNO3S/c1-3-11-9-10-14(21)12(4-2)17(11)22-19(23)18-16(20(24)25)13-7-5-6-8-15(13)26-18/h5-10H,3-4H2,1-2H3,(H,22,23)(H,24,25). The Hall–Kier alpha value is -2.37. The topological polar surface area (TPSA) is 66.4 Å². The van der Waals surface area contributed by atoms with E-state index < -0.39 is 11.9 Å². The Morgan fingerprint density at radius 3 is 2.50 bits per heavy atom. The maximum atomic E-state index is 12.9. The summed E-state index contributed by atoms with van der Waals surface area (Å²) in [6.45, 7) is 3.97. The predicted molar refractivity (Wildman–Crippen MR) is 107 cm³/mol. The van der Waals surface area contributed by atoms with Crippen molar-refractivity contribution < 1.29 is 14.7 Å². The molecule has 6 heteroatoms. The number of aromatic carboxylic acids is 1. The van der Waals surface area contributed by atoms with E-state index in [9.17, 15) is 14.7 Å². The van der Waals surface area contributed by atoms with Crippen LogP contribution in [0.2, 0.25) is 5.02 Å². The van der Waals surface area contributed by atoms with Crippen molar-refractivity contribution in [2.45, 2.75) is 26.7 Å². The minimum atomic E-state index is -1.11. The molecular formula is C20H18ClNO3S. The summed E-state index contributed by atoms with van der Waals surface area (Å²) in [5.41, 5.74) is 2.55. The van der Waals surface area contributed by atoms with Crippen molar-refractivity contribution in [1.29, 1.82) is 0 Å². The zero-order valence-corrected chi connectivity index (χ0v) is 16.0. The summed E-state index contributed by atoms with van der Waals surface area (Å²) in [6.07, 6.45) is 1.40. The van der Waals surface area contributed by atoms with Crippen LogP contribution in [0.15, 0.2) is 36.4 Å². The summed E-state index contributed by atoms with van der Waals surface area (Å²) in [7, 11) is 0. The maximum Gasteiger partial charge on any atom is 0.338 e. The number of anilines is 1. The van der Waals surface area contributed by atoms with Crippen molar-refractivity contribution in [2.75, 3.05) is 5.32 Å². The number of hydrogen-bond donors (Lipinski definition) is 2. The van der Waals surface area contributed by atoms with E-state index in [2.05, 4.69) is 5.32 Å². The van der Waals surface area contributed by atoms with E-state index in [0.717, 1.165) is 22.2 Å². The van der Waals surface area contributed by atoms with Gasteiger partial charge in [-0.3, -0.25) is 4.79 Å². The van der Waals surface area contributed by atoms with Crippen LogP contribution in [-0.4, -0.2) is 17.0 Å². The lowest BCUT2D eigenvalue weighted by atomic mass is 10.0. The molecule has 0 atom stereocenters. The van der Waals surface area contributed by atoms with E-state index >= 15 is 0 Å². The van der Waals surface area contributed by atoms with Crippen LogP contribution in [0.3, 0.4) is 0 Å². The molecule has 0 aliphatic carbocycles. The van der Waals surface area contributed by atoms with Crippen LogP contribution in [-0.2, 0) is 12.8 Å². The first kappa shape index (κ1) is 18.4. The van der Waals surface area contributed by atoms with Crippen LogP contribution in [0.1, 0.15) is 45.0 Å². The molecule has 0 aliphatic rings. The minimum Gasteiger partial charge on any atom is -0.478 e. The molecule has 1 amide bonds. The SMILES string of the molecule is CCc1ccc(Cl)c(CC)c1NC(=O)c1sc2ccccc2c1C(=O)O. The van der Waals surface area contributed by atoms with Gasteiger partial charge in [0.15, 0.2) is 0 Å². The number of hydrogen-bond acceptors (Lipinski definition) is 3. The summed E-state index contributed by atoms with van der Waals surface area (Å²) in [5.74, 6) is -1.53. The number of rotatable bonds is 5. The number of carbonyl (C=O) groups is 2. The van der Waals surface area contributed by atoms with E-state index in [1.165, 1.54) is 11.3 Å². The Labute approximate surface area is 160 Å². The van der Waals surface area contributed by atoms with Gasteiger partial charge < -0.3 is 10.4 Å². The number of nitrogens with one attached hydrogen (secondary N) is 1. The Bertz CT molecular complexity index is 1010. The van der Waals surface area contributed by atoms with Crippen LogP contribution in [0.5, 0.6) is 0 Å². The average molecular weight is 388 g/mol. The number of amides is 1. The molecule has 134 valence electrons. The van der Waals surface area contributed by atoms with Crippen LogP contribution >= 0.6 is 22.9 Å². The predicted octanol–water partition coefficient (Wildman–Crippen LogP) is 5.63. The molecule has 2 N–H and O–H groups in total. The molecule has 0 aliphatic heterocycles. The van der Waals surface area contributed by atoms with Gasteiger partial charge >= 0.3 is 5.97 Å². The summed E-state index contributed by atoms with van der Waals surface area (Å²) in [6, 6.07) is 10.9. The summed E-state index contributed by atoms with van der Waals surface area (Å²) in [4.78, 5) is 24.9. The normalized spacial score (nSPS) is 10.9. The Morgan fingerprint density at radius 1 is 1.12 bits per heavy atom. The first-order chi connectivity index (χ1) is 12.5. The zero-order chi connectivity index (χ0) is 18.8. The quantitative estimate of drug-likeness (QED) is 0.596. The second-order valence-electron chi connectivity index (χ2n) is 5.83. The van der Waals surface area contributed by atoms with Gasteiger partial charge in [-0.25, -0.2) is 4.79 Å². The lowest BCUT2D eigenvalue weighted by Crippen LogP contribution is -2.16. The highest BCUT2D eigenvalue weighted by molar-refractivity contribution is 7.21. The zero-order valence-electron chi connectivity index (χ0n) is 14.4. The van der Waals surface area contributed by atoms with Crippen molar-refractivity contribution in [3.63, 3.8) is 0 Å². The van der Waals surface area contributed by atoms with E-state index in [-0.39, 0.29) is 10.4 Å². The van der Waals surface area contributed by atoms with Crippen LogP contribution < -0.4 is 5.32 Å². The van der Waals surface area contributed by atoms with E-state index in [0.29, 0.717) is 22.5 Å². The minimum absolute atomic E-state index is 0.0428. The van der Waals surface area contributed by atoms with Gasteiger partial charge in [-0.05, 0) is 36.1 Å². The van der Waals surface area contributed by atoms with E-state index in [1.54, 1.807) is 12.1 Å². The third kappa shape index (κ3) is 3.20. The van der Waals surface area contributed by atoms with E-state index in [1.807, 2.05) is 38.1 Å². The Morgan fingerprint density at radius 2 is 1.85 bits per heavy atom.